The molecule has 2 rings (SSSR count). The Morgan fingerprint density at radius 3 is 2.59 bits per heavy atom. The number of hydrogen-bond donors (Lipinski definition) is 1. The standard InChI is InChI=1S/C14H17NOS/c1-9-4-5-12(14(16-3)10(9)2)11-6-7-17-13(11)8-15/h4-7H,8,15H2,1-3H3. The molecule has 90 valence electrons. The van der Waals surface area contributed by atoms with Crippen molar-refractivity contribution in [3.8, 4) is 16.9 Å². The van der Waals surface area contributed by atoms with Crippen LogP contribution in [0.3, 0.4) is 0 Å². The first-order valence-electron chi connectivity index (χ1n) is 5.60. The van der Waals surface area contributed by atoms with E-state index in [1.165, 1.54) is 21.6 Å². The molecule has 0 unspecified atom stereocenters. The van der Waals surface area contributed by atoms with Gasteiger partial charge < -0.3 is 10.5 Å². The third-order valence-electron chi connectivity index (χ3n) is 3.10. The highest BCUT2D eigenvalue weighted by Gasteiger charge is 2.13. The third-order valence-corrected chi connectivity index (χ3v) is 4.05. The monoisotopic (exact) mass is 247 g/mol. The first kappa shape index (κ1) is 12.1. The van der Waals surface area contributed by atoms with E-state index < -0.39 is 0 Å². The Morgan fingerprint density at radius 1 is 1.18 bits per heavy atom. The zero-order valence-corrected chi connectivity index (χ0v) is 11.2. The lowest BCUT2D eigenvalue weighted by Gasteiger charge is -2.13. The second-order valence-corrected chi connectivity index (χ2v) is 5.05. The first-order chi connectivity index (χ1) is 8.19. The molecule has 1 aromatic heterocycles. The lowest BCUT2D eigenvalue weighted by Crippen LogP contribution is -1.97. The Bertz CT molecular complexity index is 531. The van der Waals surface area contributed by atoms with Gasteiger partial charge in [-0.05, 0) is 36.4 Å². The van der Waals surface area contributed by atoms with Gasteiger partial charge in [-0.3, -0.25) is 0 Å². The Hall–Kier alpha value is -1.32. The van der Waals surface area contributed by atoms with E-state index in [2.05, 4.69) is 37.4 Å². The SMILES string of the molecule is COc1c(-c2ccsc2CN)ccc(C)c1C. The van der Waals surface area contributed by atoms with Gasteiger partial charge in [0.15, 0.2) is 0 Å². The van der Waals surface area contributed by atoms with Gasteiger partial charge in [-0.25, -0.2) is 0 Å². The molecule has 0 aliphatic carbocycles. The normalized spacial score (nSPS) is 10.6. The minimum atomic E-state index is 0.572. The van der Waals surface area contributed by atoms with Crippen LogP contribution in [0.25, 0.3) is 11.1 Å². The van der Waals surface area contributed by atoms with Crippen LogP contribution in [0.15, 0.2) is 23.6 Å². The lowest BCUT2D eigenvalue weighted by atomic mass is 9.99. The molecule has 1 aromatic carbocycles. The number of methoxy groups -OCH3 is 1. The van der Waals surface area contributed by atoms with Crippen molar-refractivity contribution in [1.82, 2.24) is 0 Å². The molecule has 2 N–H and O–H groups in total. The van der Waals surface area contributed by atoms with E-state index in [-0.39, 0.29) is 0 Å². The van der Waals surface area contributed by atoms with Crippen LogP contribution < -0.4 is 10.5 Å². The number of ether oxygens (including phenoxy) is 1. The molecule has 2 nitrogen and oxygen atoms in total. The van der Waals surface area contributed by atoms with Gasteiger partial charge in [-0.2, -0.15) is 0 Å². The summed E-state index contributed by atoms with van der Waals surface area (Å²) in [7, 11) is 1.72. The maximum atomic E-state index is 5.76. The van der Waals surface area contributed by atoms with Gasteiger partial charge in [-0.15, -0.1) is 11.3 Å². The molecule has 0 atom stereocenters. The molecule has 0 fully saturated rings. The summed E-state index contributed by atoms with van der Waals surface area (Å²) in [5, 5.41) is 2.08. The highest BCUT2D eigenvalue weighted by molar-refractivity contribution is 7.10. The van der Waals surface area contributed by atoms with Gasteiger partial charge in [0.1, 0.15) is 5.75 Å². The number of benzene rings is 1. The molecular formula is C14H17NOS. The van der Waals surface area contributed by atoms with Crippen molar-refractivity contribution in [2.24, 2.45) is 5.73 Å². The Labute approximate surface area is 106 Å². The van der Waals surface area contributed by atoms with Crippen LogP contribution in [0.2, 0.25) is 0 Å². The summed E-state index contributed by atoms with van der Waals surface area (Å²) in [6.07, 6.45) is 0. The molecule has 0 saturated heterocycles. The fraction of sp³-hybridized carbons (Fsp3) is 0.286. The van der Waals surface area contributed by atoms with Crippen LogP contribution in [0.1, 0.15) is 16.0 Å². The molecular weight excluding hydrogens is 230 g/mol. The van der Waals surface area contributed by atoms with E-state index in [1.807, 2.05) is 0 Å². The zero-order valence-electron chi connectivity index (χ0n) is 10.4. The number of aryl methyl sites for hydroxylation is 1. The van der Waals surface area contributed by atoms with E-state index >= 15 is 0 Å². The van der Waals surface area contributed by atoms with Crippen molar-refractivity contribution in [2.45, 2.75) is 20.4 Å². The molecule has 0 radical (unpaired) electrons. The average Bonchev–Trinajstić information content (AvgIpc) is 2.80. The minimum Gasteiger partial charge on any atom is -0.496 e. The van der Waals surface area contributed by atoms with Crippen LogP contribution in [-0.4, -0.2) is 7.11 Å². The topological polar surface area (TPSA) is 35.2 Å². The fourth-order valence-corrected chi connectivity index (χ4v) is 2.77. The van der Waals surface area contributed by atoms with E-state index in [0.29, 0.717) is 6.54 Å². The number of thiophene rings is 1. The molecule has 1 heterocycles. The summed E-state index contributed by atoms with van der Waals surface area (Å²) < 4.78 is 5.54. The lowest BCUT2D eigenvalue weighted by molar-refractivity contribution is 0.413. The number of rotatable bonds is 3. The van der Waals surface area contributed by atoms with Crippen LogP contribution >= 0.6 is 11.3 Å². The predicted octanol–water partition coefficient (Wildman–Crippen LogP) is 3.50. The first-order valence-corrected chi connectivity index (χ1v) is 6.48. The Balaban J connectivity index is 2.63. The summed E-state index contributed by atoms with van der Waals surface area (Å²) in [4.78, 5) is 1.20. The third kappa shape index (κ3) is 2.08. The Morgan fingerprint density at radius 2 is 1.94 bits per heavy atom. The summed E-state index contributed by atoms with van der Waals surface area (Å²) >= 11 is 1.69. The molecule has 0 amide bonds. The molecule has 17 heavy (non-hydrogen) atoms. The van der Waals surface area contributed by atoms with Crippen LogP contribution in [0.4, 0.5) is 0 Å². The summed E-state index contributed by atoms with van der Waals surface area (Å²) in [5.74, 6) is 0.957. The molecule has 0 spiro atoms. The van der Waals surface area contributed by atoms with Gasteiger partial charge in [0.05, 0.1) is 7.11 Å². The zero-order chi connectivity index (χ0) is 12.4. The van der Waals surface area contributed by atoms with Crippen molar-refractivity contribution in [2.75, 3.05) is 7.11 Å². The highest BCUT2D eigenvalue weighted by Crippen LogP contribution is 2.37. The van der Waals surface area contributed by atoms with Crippen LogP contribution in [-0.2, 0) is 6.54 Å². The number of nitrogens with two attached hydrogens (primary N) is 1. The van der Waals surface area contributed by atoms with E-state index in [0.717, 1.165) is 11.3 Å². The van der Waals surface area contributed by atoms with E-state index in [9.17, 15) is 0 Å². The smallest absolute Gasteiger partial charge is 0.129 e. The minimum absolute atomic E-state index is 0.572. The average molecular weight is 247 g/mol. The van der Waals surface area contributed by atoms with Crippen molar-refractivity contribution < 1.29 is 4.74 Å². The quantitative estimate of drug-likeness (QED) is 0.901. The summed E-state index contributed by atoms with van der Waals surface area (Å²) in [6.45, 7) is 4.76. The van der Waals surface area contributed by atoms with Crippen molar-refractivity contribution in [1.29, 1.82) is 0 Å². The van der Waals surface area contributed by atoms with Crippen molar-refractivity contribution in [3.63, 3.8) is 0 Å². The molecule has 0 bridgehead atoms. The second-order valence-electron chi connectivity index (χ2n) is 4.05. The molecule has 3 heteroatoms. The van der Waals surface area contributed by atoms with Crippen molar-refractivity contribution >= 4 is 11.3 Å². The van der Waals surface area contributed by atoms with Gasteiger partial charge in [0.2, 0.25) is 0 Å². The van der Waals surface area contributed by atoms with Crippen LogP contribution in [0.5, 0.6) is 5.75 Å². The van der Waals surface area contributed by atoms with E-state index in [1.54, 1.807) is 18.4 Å². The second kappa shape index (κ2) is 4.90. The van der Waals surface area contributed by atoms with E-state index in [4.69, 9.17) is 10.5 Å². The largest absolute Gasteiger partial charge is 0.496 e. The molecule has 0 aliphatic heterocycles. The maximum Gasteiger partial charge on any atom is 0.129 e. The predicted molar refractivity (Wildman–Crippen MR) is 73.7 cm³/mol. The van der Waals surface area contributed by atoms with Gasteiger partial charge in [-0.1, -0.05) is 12.1 Å². The molecule has 0 aliphatic rings. The maximum absolute atomic E-state index is 5.76. The summed E-state index contributed by atoms with van der Waals surface area (Å²) in [6, 6.07) is 6.35. The Kier molecular flexibility index (Phi) is 3.50. The fourth-order valence-electron chi connectivity index (χ4n) is 2.00. The number of hydrogen-bond acceptors (Lipinski definition) is 3. The summed E-state index contributed by atoms with van der Waals surface area (Å²) in [5.41, 5.74) is 10.5. The molecule has 0 saturated carbocycles. The van der Waals surface area contributed by atoms with Gasteiger partial charge in [0, 0.05) is 22.5 Å². The van der Waals surface area contributed by atoms with Gasteiger partial charge in [0.25, 0.3) is 0 Å². The van der Waals surface area contributed by atoms with Crippen molar-refractivity contribution in [3.05, 3.63) is 39.6 Å². The highest BCUT2D eigenvalue weighted by atomic mass is 32.1. The molecule has 2 aromatic rings. The van der Waals surface area contributed by atoms with Gasteiger partial charge >= 0.3 is 0 Å². The van der Waals surface area contributed by atoms with Crippen LogP contribution in [0, 0.1) is 13.8 Å².